The van der Waals surface area contributed by atoms with Crippen molar-refractivity contribution in [2.75, 3.05) is 25.1 Å². The predicted molar refractivity (Wildman–Crippen MR) is 97.1 cm³/mol. The first-order valence-corrected chi connectivity index (χ1v) is 8.28. The Morgan fingerprint density at radius 3 is 2.65 bits per heavy atom. The molecule has 1 amide bonds. The van der Waals surface area contributed by atoms with Gasteiger partial charge in [-0.25, -0.2) is 4.79 Å². The van der Waals surface area contributed by atoms with Crippen LogP contribution in [-0.4, -0.2) is 31.7 Å². The number of fused-ring (bicyclic) bond motifs is 1. The van der Waals surface area contributed by atoms with E-state index in [4.69, 9.17) is 14.2 Å². The molecule has 1 aliphatic heterocycles. The van der Waals surface area contributed by atoms with Gasteiger partial charge in [-0.3, -0.25) is 4.79 Å². The summed E-state index contributed by atoms with van der Waals surface area (Å²) >= 11 is 0. The summed E-state index contributed by atoms with van der Waals surface area (Å²) in [4.78, 5) is 24.1. The van der Waals surface area contributed by atoms with E-state index in [1.165, 1.54) is 0 Å². The molecule has 2 aromatic carbocycles. The molecule has 0 unspecified atom stereocenters. The third kappa shape index (κ3) is 4.42. The van der Waals surface area contributed by atoms with E-state index >= 15 is 0 Å². The molecule has 0 saturated carbocycles. The molecule has 0 bridgehead atoms. The number of rotatable bonds is 6. The molecule has 0 radical (unpaired) electrons. The second-order valence-corrected chi connectivity index (χ2v) is 5.58. The molecule has 1 heterocycles. The van der Waals surface area contributed by atoms with E-state index in [2.05, 4.69) is 5.32 Å². The zero-order valence-electron chi connectivity index (χ0n) is 14.4. The van der Waals surface area contributed by atoms with Gasteiger partial charge >= 0.3 is 5.97 Å². The minimum Gasteiger partial charge on any atom is -0.494 e. The van der Waals surface area contributed by atoms with Crippen LogP contribution in [-0.2, 0) is 14.3 Å². The van der Waals surface area contributed by atoms with E-state index < -0.39 is 11.9 Å². The molecule has 2 aromatic rings. The van der Waals surface area contributed by atoms with Crippen molar-refractivity contribution in [3.05, 3.63) is 59.7 Å². The van der Waals surface area contributed by atoms with Crippen LogP contribution in [0.15, 0.2) is 54.1 Å². The Labute approximate surface area is 151 Å². The van der Waals surface area contributed by atoms with Crippen molar-refractivity contribution in [3.8, 4) is 11.5 Å². The van der Waals surface area contributed by atoms with Gasteiger partial charge in [-0.1, -0.05) is 18.2 Å². The zero-order chi connectivity index (χ0) is 18.4. The first-order chi connectivity index (χ1) is 12.7. The van der Waals surface area contributed by atoms with Gasteiger partial charge < -0.3 is 19.5 Å². The summed E-state index contributed by atoms with van der Waals surface area (Å²) in [5.41, 5.74) is 1.78. The Balaban J connectivity index is 1.51. The van der Waals surface area contributed by atoms with Gasteiger partial charge in [0.15, 0.2) is 6.61 Å². The van der Waals surface area contributed by atoms with Crippen LogP contribution in [0.25, 0.3) is 6.08 Å². The molecule has 3 rings (SSSR count). The van der Waals surface area contributed by atoms with E-state index in [1.807, 2.05) is 31.2 Å². The first kappa shape index (κ1) is 17.5. The van der Waals surface area contributed by atoms with Crippen molar-refractivity contribution in [3.63, 3.8) is 0 Å². The molecular weight excluding hydrogens is 334 g/mol. The fourth-order valence-corrected chi connectivity index (χ4v) is 2.46. The Hall–Kier alpha value is -3.28. The van der Waals surface area contributed by atoms with Crippen LogP contribution >= 0.6 is 0 Å². The van der Waals surface area contributed by atoms with Crippen molar-refractivity contribution < 1.29 is 23.8 Å². The normalized spacial score (nSPS) is 12.3. The van der Waals surface area contributed by atoms with Gasteiger partial charge in [-0.2, -0.15) is 0 Å². The van der Waals surface area contributed by atoms with Crippen molar-refractivity contribution in [2.45, 2.75) is 6.92 Å². The van der Waals surface area contributed by atoms with Crippen LogP contribution in [0.3, 0.4) is 0 Å². The van der Waals surface area contributed by atoms with Crippen LogP contribution in [0.2, 0.25) is 0 Å². The summed E-state index contributed by atoms with van der Waals surface area (Å²) in [6, 6.07) is 14.4. The zero-order valence-corrected chi connectivity index (χ0v) is 14.4. The molecule has 0 atom stereocenters. The molecule has 0 aromatic heterocycles. The number of benzene rings is 2. The molecule has 6 heteroatoms. The highest BCUT2D eigenvalue weighted by atomic mass is 16.5. The third-order valence-corrected chi connectivity index (χ3v) is 3.68. The molecule has 0 aliphatic carbocycles. The summed E-state index contributed by atoms with van der Waals surface area (Å²) in [6.45, 7) is 2.22. The lowest BCUT2D eigenvalue weighted by Gasteiger charge is -2.16. The second-order valence-electron chi connectivity index (χ2n) is 5.58. The highest BCUT2D eigenvalue weighted by Gasteiger charge is 2.19. The first-order valence-electron chi connectivity index (χ1n) is 8.28. The molecule has 0 saturated heterocycles. The summed E-state index contributed by atoms with van der Waals surface area (Å²) in [6.07, 6.45) is 1.71. The Bertz CT molecular complexity index is 826. The van der Waals surface area contributed by atoms with Crippen molar-refractivity contribution in [1.29, 1.82) is 0 Å². The summed E-state index contributed by atoms with van der Waals surface area (Å²) < 4.78 is 15.9. The van der Waals surface area contributed by atoms with E-state index in [-0.39, 0.29) is 13.2 Å². The van der Waals surface area contributed by atoms with Gasteiger partial charge in [0, 0.05) is 11.3 Å². The van der Waals surface area contributed by atoms with Gasteiger partial charge in [-0.05, 0) is 43.3 Å². The average Bonchev–Trinajstić information content (AvgIpc) is 2.67. The number of nitrogens with one attached hydrogen (secondary N) is 1. The van der Waals surface area contributed by atoms with Gasteiger partial charge in [0.25, 0.3) is 5.91 Å². The molecule has 1 N–H and O–H groups in total. The second kappa shape index (κ2) is 8.20. The predicted octanol–water partition coefficient (Wildman–Crippen LogP) is 3.04. The highest BCUT2D eigenvalue weighted by Crippen LogP contribution is 2.26. The molecular formula is C20H19NO5. The summed E-state index contributed by atoms with van der Waals surface area (Å²) in [5.74, 6) is 0.459. The van der Waals surface area contributed by atoms with Gasteiger partial charge in [0.1, 0.15) is 18.1 Å². The van der Waals surface area contributed by atoms with E-state index in [0.717, 1.165) is 17.1 Å². The highest BCUT2D eigenvalue weighted by molar-refractivity contribution is 5.98. The van der Waals surface area contributed by atoms with Crippen LogP contribution in [0.1, 0.15) is 12.5 Å². The Morgan fingerprint density at radius 2 is 1.88 bits per heavy atom. The number of hydrogen-bond donors (Lipinski definition) is 1. The van der Waals surface area contributed by atoms with E-state index in [1.54, 1.807) is 30.3 Å². The number of carbonyl (C=O) groups excluding carboxylic acids is 2. The monoisotopic (exact) mass is 353 g/mol. The minimum atomic E-state index is -0.568. The number of para-hydroxylation sites is 1. The fourth-order valence-electron chi connectivity index (χ4n) is 2.46. The van der Waals surface area contributed by atoms with Crippen molar-refractivity contribution in [2.24, 2.45) is 0 Å². The van der Waals surface area contributed by atoms with Crippen LogP contribution in [0.4, 0.5) is 5.69 Å². The van der Waals surface area contributed by atoms with Crippen LogP contribution < -0.4 is 14.8 Å². The SMILES string of the molecule is CCOc1ccc(NC(=O)COC(=O)C2=Cc3ccccc3OC2)cc1. The lowest BCUT2D eigenvalue weighted by atomic mass is 10.1. The fraction of sp³-hybridized carbons (Fsp3) is 0.200. The molecule has 6 nitrogen and oxygen atoms in total. The quantitative estimate of drug-likeness (QED) is 0.808. The van der Waals surface area contributed by atoms with Crippen LogP contribution in [0.5, 0.6) is 11.5 Å². The number of carbonyl (C=O) groups is 2. The lowest BCUT2D eigenvalue weighted by molar-refractivity contribution is -0.143. The van der Waals surface area contributed by atoms with E-state index in [0.29, 0.717) is 17.9 Å². The molecule has 0 fully saturated rings. The molecule has 134 valence electrons. The number of anilines is 1. The number of esters is 1. The number of ether oxygens (including phenoxy) is 3. The largest absolute Gasteiger partial charge is 0.494 e. The topological polar surface area (TPSA) is 73.9 Å². The number of hydrogen-bond acceptors (Lipinski definition) is 5. The van der Waals surface area contributed by atoms with E-state index in [9.17, 15) is 9.59 Å². The summed E-state index contributed by atoms with van der Waals surface area (Å²) in [7, 11) is 0. The lowest BCUT2D eigenvalue weighted by Crippen LogP contribution is -2.23. The van der Waals surface area contributed by atoms with Crippen molar-refractivity contribution >= 4 is 23.6 Å². The van der Waals surface area contributed by atoms with Gasteiger partial charge in [0.05, 0.1) is 12.2 Å². The average molecular weight is 353 g/mol. The molecule has 1 aliphatic rings. The number of amides is 1. The van der Waals surface area contributed by atoms with Gasteiger partial charge in [0.2, 0.25) is 0 Å². The van der Waals surface area contributed by atoms with Gasteiger partial charge in [-0.15, -0.1) is 0 Å². The maximum atomic E-state index is 12.1. The summed E-state index contributed by atoms with van der Waals surface area (Å²) in [5, 5.41) is 2.66. The maximum absolute atomic E-state index is 12.1. The Morgan fingerprint density at radius 1 is 1.12 bits per heavy atom. The molecule has 26 heavy (non-hydrogen) atoms. The molecule has 0 spiro atoms. The smallest absolute Gasteiger partial charge is 0.338 e. The maximum Gasteiger partial charge on any atom is 0.338 e. The Kier molecular flexibility index (Phi) is 5.53. The van der Waals surface area contributed by atoms with Crippen LogP contribution in [0, 0.1) is 0 Å². The minimum absolute atomic E-state index is 0.121. The van der Waals surface area contributed by atoms with Crippen molar-refractivity contribution in [1.82, 2.24) is 0 Å². The standard InChI is InChI=1S/C20H19NO5/c1-2-24-17-9-7-16(8-10-17)21-19(22)13-26-20(23)15-11-14-5-3-4-6-18(14)25-12-15/h3-11H,2,12-13H2,1H3,(H,21,22). The third-order valence-electron chi connectivity index (χ3n) is 3.68.